The summed E-state index contributed by atoms with van der Waals surface area (Å²) in [4.78, 5) is 0. The summed E-state index contributed by atoms with van der Waals surface area (Å²) in [5.74, 6) is 2.78. The first kappa shape index (κ1) is 22.5. The summed E-state index contributed by atoms with van der Waals surface area (Å²) in [5, 5.41) is 14.8. The molecule has 3 rings (SSSR count). The van der Waals surface area contributed by atoms with E-state index in [9.17, 15) is 0 Å². The predicted molar refractivity (Wildman–Crippen MR) is 123 cm³/mol. The zero-order chi connectivity index (χ0) is 22.8. The molecule has 8 heteroatoms. The van der Waals surface area contributed by atoms with Gasteiger partial charge in [0.2, 0.25) is 0 Å². The van der Waals surface area contributed by atoms with Crippen LogP contribution in [0.1, 0.15) is 11.1 Å². The standard InChI is InChI=1S/C24H26N4O4/c25-23(26)17-4-8-19(9-5-17)29-12-14-31-21-2-1-3-22(16-21)32-15-13-30-20-10-6-18(7-11-20)24(27)28/h1-11,16H,12-15H2,(H3,25,26)(H3,27,28). The van der Waals surface area contributed by atoms with Crippen molar-refractivity contribution in [3.8, 4) is 23.0 Å². The van der Waals surface area contributed by atoms with Gasteiger partial charge in [0.15, 0.2) is 0 Å². The molecule has 0 aliphatic carbocycles. The maximum atomic E-state index is 7.39. The zero-order valence-corrected chi connectivity index (χ0v) is 17.5. The van der Waals surface area contributed by atoms with E-state index in [-0.39, 0.29) is 11.7 Å². The van der Waals surface area contributed by atoms with Crippen LogP contribution in [0.25, 0.3) is 0 Å². The van der Waals surface area contributed by atoms with Gasteiger partial charge in [-0.15, -0.1) is 0 Å². The van der Waals surface area contributed by atoms with Crippen LogP contribution >= 0.6 is 0 Å². The van der Waals surface area contributed by atoms with Crippen molar-refractivity contribution in [1.82, 2.24) is 0 Å². The van der Waals surface area contributed by atoms with Gasteiger partial charge in [-0.3, -0.25) is 10.8 Å². The van der Waals surface area contributed by atoms with Gasteiger partial charge in [-0.25, -0.2) is 0 Å². The van der Waals surface area contributed by atoms with Gasteiger partial charge in [0.25, 0.3) is 0 Å². The Hall–Kier alpha value is -4.20. The minimum atomic E-state index is 0.0249. The van der Waals surface area contributed by atoms with E-state index in [1.807, 2.05) is 24.3 Å². The highest BCUT2D eigenvalue weighted by atomic mass is 16.5. The van der Waals surface area contributed by atoms with E-state index in [4.69, 9.17) is 41.2 Å². The molecule has 6 N–H and O–H groups in total. The van der Waals surface area contributed by atoms with Crippen molar-refractivity contribution >= 4 is 11.7 Å². The molecule has 0 bridgehead atoms. The van der Waals surface area contributed by atoms with Gasteiger partial charge in [0, 0.05) is 17.2 Å². The Morgan fingerprint density at radius 2 is 0.875 bits per heavy atom. The molecule has 3 aromatic rings. The van der Waals surface area contributed by atoms with Crippen molar-refractivity contribution < 1.29 is 18.9 Å². The van der Waals surface area contributed by atoms with E-state index >= 15 is 0 Å². The molecule has 0 fully saturated rings. The van der Waals surface area contributed by atoms with Crippen molar-refractivity contribution in [2.45, 2.75) is 0 Å². The second kappa shape index (κ2) is 11.3. The molecule has 0 saturated carbocycles. The first-order valence-corrected chi connectivity index (χ1v) is 10.0. The van der Waals surface area contributed by atoms with Gasteiger partial charge in [-0.05, 0) is 60.7 Å². The summed E-state index contributed by atoms with van der Waals surface area (Å²) in [6.45, 7) is 1.50. The largest absolute Gasteiger partial charge is 0.490 e. The number of nitrogens with one attached hydrogen (secondary N) is 2. The molecule has 166 valence electrons. The highest BCUT2D eigenvalue weighted by Gasteiger charge is 2.02. The van der Waals surface area contributed by atoms with Crippen molar-refractivity contribution in [3.05, 3.63) is 83.9 Å². The highest BCUT2D eigenvalue weighted by Crippen LogP contribution is 2.20. The quantitative estimate of drug-likeness (QED) is 0.196. The summed E-state index contributed by atoms with van der Waals surface area (Å²) in [5.41, 5.74) is 12.2. The molecule has 0 spiro atoms. The number of rotatable bonds is 12. The van der Waals surface area contributed by atoms with Crippen molar-refractivity contribution in [2.24, 2.45) is 11.5 Å². The maximum absolute atomic E-state index is 7.39. The fourth-order valence-corrected chi connectivity index (χ4v) is 2.75. The van der Waals surface area contributed by atoms with Crippen LogP contribution in [0.15, 0.2) is 72.8 Å². The lowest BCUT2D eigenvalue weighted by Crippen LogP contribution is -2.12. The first-order chi connectivity index (χ1) is 15.5. The Morgan fingerprint density at radius 1 is 0.531 bits per heavy atom. The van der Waals surface area contributed by atoms with Gasteiger partial charge in [0.05, 0.1) is 0 Å². The molecular formula is C24H26N4O4. The number of hydrogen-bond acceptors (Lipinski definition) is 6. The Labute approximate surface area is 186 Å². The third kappa shape index (κ3) is 6.94. The Balaban J connectivity index is 1.36. The van der Waals surface area contributed by atoms with Crippen molar-refractivity contribution in [3.63, 3.8) is 0 Å². The average Bonchev–Trinajstić information content (AvgIpc) is 2.80. The summed E-state index contributed by atoms with van der Waals surface area (Å²) < 4.78 is 22.7. The van der Waals surface area contributed by atoms with Crippen LogP contribution in [0.4, 0.5) is 0 Å². The number of ether oxygens (including phenoxy) is 4. The first-order valence-electron chi connectivity index (χ1n) is 10.0. The lowest BCUT2D eigenvalue weighted by atomic mass is 10.2. The molecule has 0 radical (unpaired) electrons. The smallest absolute Gasteiger partial charge is 0.123 e. The van der Waals surface area contributed by atoms with Crippen LogP contribution in [0.3, 0.4) is 0 Å². The monoisotopic (exact) mass is 434 g/mol. The number of hydrogen-bond donors (Lipinski definition) is 4. The number of benzene rings is 3. The molecule has 0 heterocycles. The lowest BCUT2D eigenvalue weighted by molar-refractivity contribution is 0.210. The summed E-state index contributed by atoms with van der Waals surface area (Å²) in [7, 11) is 0. The van der Waals surface area contributed by atoms with E-state index in [1.54, 1.807) is 48.5 Å². The number of nitrogen functional groups attached to an aromatic ring is 2. The van der Waals surface area contributed by atoms with Gasteiger partial charge in [0.1, 0.15) is 61.1 Å². The fraction of sp³-hybridized carbons (Fsp3) is 0.167. The number of amidine groups is 2. The second-order valence-corrected chi connectivity index (χ2v) is 6.74. The molecule has 0 atom stereocenters. The maximum Gasteiger partial charge on any atom is 0.123 e. The molecule has 32 heavy (non-hydrogen) atoms. The summed E-state index contributed by atoms with van der Waals surface area (Å²) >= 11 is 0. The third-order valence-corrected chi connectivity index (χ3v) is 4.38. The average molecular weight is 434 g/mol. The van der Waals surface area contributed by atoms with Crippen molar-refractivity contribution in [2.75, 3.05) is 26.4 Å². The number of nitrogens with two attached hydrogens (primary N) is 2. The van der Waals surface area contributed by atoms with E-state index < -0.39 is 0 Å². The highest BCUT2D eigenvalue weighted by molar-refractivity contribution is 5.95. The van der Waals surface area contributed by atoms with Gasteiger partial charge < -0.3 is 30.4 Å². The summed E-state index contributed by atoms with van der Waals surface area (Å²) in [6.07, 6.45) is 0. The van der Waals surface area contributed by atoms with Crippen LogP contribution < -0.4 is 30.4 Å². The lowest BCUT2D eigenvalue weighted by Gasteiger charge is -2.11. The molecule has 0 amide bonds. The van der Waals surface area contributed by atoms with Crippen LogP contribution in [-0.2, 0) is 0 Å². The van der Waals surface area contributed by atoms with Crippen LogP contribution in [-0.4, -0.2) is 38.1 Å². The molecule has 0 aliphatic heterocycles. The molecule has 0 unspecified atom stereocenters. The summed E-state index contributed by atoms with van der Waals surface area (Å²) in [6, 6.07) is 21.4. The second-order valence-electron chi connectivity index (χ2n) is 6.74. The molecule has 0 aromatic heterocycles. The van der Waals surface area contributed by atoms with Gasteiger partial charge >= 0.3 is 0 Å². The van der Waals surface area contributed by atoms with Crippen molar-refractivity contribution in [1.29, 1.82) is 10.8 Å². The normalized spacial score (nSPS) is 10.2. The SMILES string of the molecule is N=C(N)c1ccc(OCCOc2cccc(OCCOc3ccc(C(=N)N)cc3)c2)cc1. The molecule has 8 nitrogen and oxygen atoms in total. The molecule has 3 aromatic carbocycles. The van der Waals surface area contributed by atoms with E-state index in [0.717, 1.165) is 0 Å². The van der Waals surface area contributed by atoms with E-state index in [0.29, 0.717) is 60.6 Å². The van der Waals surface area contributed by atoms with Gasteiger partial charge in [-0.2, -0.15) is 0 Å². The topological polar surface area (TPSA) is 137 Å². The van der Waals surface area contributed by atoms with Crippen LogP contribution in [0, 0.1) is 10.8 Å². The van der Waals surface area contributed by atoms with E-state index in [1.165, 1.54) is 0 Å². The minimum absolute atomic E-state index is 0.0249. The predicted octanol–water partition coefficient (Wildman–Crippen LogP) is 3.17. The molecule has 0 saturated heterocycles. The van der Waals surface area contributed by atoms with Crippen LogP contribution in [0.5, 0.6) is 23.0 Å². The zero-order valence-electron chi connectivity index (χ0n) is 17.5. The van der Waals surface area contributed by atoms with Gasteiger partial charge in [-0.1, -0.05) is 6.07 Å². The van der Waals surface area contributed by atoms with E-state index in [2.05, 4.69) is 0 Å². The Kier molecular flexibility index (Phi) is 7.91. The molecule has 0 aliphatic rings. The molecular weight excluding hydrogens is 408 g/mol. The third-order valence-electron chi connectivity index (χ3n) is 4.38. The van der Waals surface area contributed by atoms with Crippen LogP contribution in [0.2, 0.25) is 0 Å². The Bertz CT molecular complexity index is 956. The minimum Gasteiger partial charge on any atom is -0.490 e. The Morgan fingerprint density at radius 3 is 1.22 bits per heavy atom. The fourth-order valence-electron chi connectivity index (χ4n) is 2.75.